The summed E-state index contributed by atoms with van der Waals surface area (Å²) < 4.78 is 5.55. The molecular weight excluding hydrogens is 236 g/mol. The van der Waals surface area contributed by atoms with Gasteiger partial charge in [-0.3, -0.25) is 4.98 Å². The third kappa shape index (κ3) is 3.98. The Balaban J connectivity index is 1.91. The van der Waals surface area contributed by atoms with Crippen molar-refractivity contribution >= 4 is 5.69 Å². The molecule has 0 aliphatic carbocycles. The zero-order chi connectivity index (χ0) is 13.5. The van der Waals surface area contributed by atoms with E-state index in [1.54, 1.807) is 0 Å². The van der Waals surface area contributed by atoms with E-state index in [-0.39, 0.29) is 0 Å². The van der Waals surface area contributed by atoms with Crippen LogP contribution in [-0.2, 0) is 6.54 Å². The molecule has 0 aliphatic heterocycles. The molecule has 3 nitrogen and oxygen atoms in total. The molecule has 0 spiro atoms. The molecule has 0 saturated heterocycles. The molecule has 0 aliphatic rings. The predicted octanol–water partition coefficient (Wildman–Crippen LogP) is 3.79. The van der Waals surface area contributed by atoms with Gasteiger partial charge in [-0.2, -0.15) is 0 Å². The Labute approximate surface area is 114 Å². The second kappa shape index (κ2) is 6.78. The van der Waals surface area contributed by atoms with Crippen LogP contribution in [0.3, 0.4) is 0 Å². The van der Waals surface area contributed by atoms with Crippen LogP contribution in [0, 0.1) is 6.92 Å². The number of nitrogens with zero attached hydrogens (tertiary/aromatic N) is 1. The van der Waals surface area contributed by atoms with E-state index in [4.69, 9.17) is 4.74 Å². The minimum atomic E-state index is 0.766. The van der Waals surface area contributed by atoms with Crippen molar-refractivity contribution in [2.24, 2.45) is 0 Å². The lowest BCUT2D eigenvalue weighted by Gasteiger charge is -2.09. The van der Waals surface area contributed by atoms with Gasteiger partial charge in [0.25, 0.3) is 0 Å². The molecule has 100 valence electrons. The van der Waals surface area contributed by atoms with E-state index in [1.165, 1.54) is 11.1 Å². The molecule has 0 fully saturated rings. The van der Waals surface area contributed by atoms with Gasteiger partial charge in [-0.05, 0) is 54.8 Å². The van der Waals surface area contributed by atoms with Crippen LogP contribution in [0.5, 0.6) is 5.75 Å². The summed E-state index contributed by atoms with van der Waals surface area (Å²) >= 11 is 0. The summed E-state index contributed by atoms with van der Waals surface area (Å²) in [5.41, 5.74) is 3.56. The molecular formula is C16H20N2O. The quantitative estimate of drug-likeness (QED) is 0.853. The number of pyridine rings is 1. The lowest BCUT2D eigenvalue weighted by Crippen LogP contribution is -2.02. The van der Waals surface area contributed by atoms with Crippen molar-refractivity contribution in [3.8, 4) is 5.75 Å². The van der Waals surface area contributed by atoms with Crippen LogP contribution in [0.4, 0.5) is 5.69 Å². The smallest absolute Gasteiger partial charge is 0.119 e. The highest BCUT2D eigenvalue weighted by Crippen LogP contribution is 2.17. The van der Waals surface area contributed by atoms with E-state index >= 15 is 0 Å². The number of nitrogens with one attached hydrogen (secondary N) is 1. The molecule has 1 heterocycles. The fourth-order valence-electron chi connectivity index (χ4n) is 1.77. The Kier molecular flexibility index (Phi) is 4.78. The first-order chi connectivity index (χ1) is 9.29. The van der Waals surface area contributed by atoms with Gasteiger partial charge in [0, 0.05) is 24.6 Å². The van der Waals surface area contributed by atoms with Crippen molar-refractivity contribution in [2.75, 3.05) is 11.9 Å². The van der Waals surface area contributed by atoms with E-state index < -0.39 is 0 Å². The Morgan fingerprint density at radius 1 is 1.16 bits per heavy atom. The molecule has 0 radical (unpaired) electrons. The first-order valence-corrected chi connectivity index (χ1v) is 6.66. The maximum atomic E-state index is 5.55. The standard InChI is InChI=1S/C16H20N2O/c1-3-10-19-16-6-4-15(5-7-16)18-12-14-11-17-9-8-13(14)2/h4-9,11,18H,3,10,12H2,1-2H3. The van der Waals surface area contributed by atoms with Gasteiger partial charge in [-0.25, -0.2) is 0 Å². The molecule has 0 saturated carbocycles. The lowest BCUT2D eigenvalue weighted by atomic mass is 10.1. The highest BCUT2D eigenvalue weighted by atomic mass is 16.5. The lowest BCUT2D eigenvalue weighted by molar-refractivity contribution is 0.317. The van der Waals surface area contributed by atoms with E-state index in [1.807, 2.05) is 42.7 Å². The van der Waals surface area contributed by atoms with Crippen LogP contribution in [0.1, 0.15) is 24.5 Å². The average molecular weight is 256 g/mol. The Hall–Kier alpha value is -2.03. The molecule has 1 aromatic heterocycles. The number of anilines is 1. The molecule has 1 aromatic carbocycles. The molecule has 1 N–H and O–H groups in total. The van der Waals surface area contributed by atoms with Crippen molar-refractivity contribution in [2.45, 2.75) is 26.8 Å². The number of rotatable bonds is 6. The SMILES string of the molecule is CCCOc1ccc(NCc2cnccc2C)cc1. The van der Waals surface area contributed by atoms with Crippen molar-refractivity contribution < 1.29 is 4.74 Å². The van der Waals surface area contributed by atoms with Gasteiger partial charge < -0.3 is 10.1 Å². The first kappa shape index (κ1) is 13.4. The summed E-state index contributed by atoms with van der Waals surface area (Å²) in [4.78, 5) is 4.15. The van der Waals surface area contributed by atoms with E-state index in [0.717, 1.165) is 31.0 Å². The maximum Gasteiger partial charge on any atom is 0.119 e. The molecule has 3 heteroatoms. The number of benzene rings is 1. The fourth-order valence-corrected chi connectivity index (χ4v) is 1.77. The van der Waals surface area contributed by atoms with Gasteiger partial charge in [-0.15, -0.1) is 0 Å². The number of aryl methyl sites for hydroxylation is 1. The molecule has 2 rings (SSSR count). The second-order valence-corrected chi connectivity index (χ2v) is 4.53. The van der Waals surface area contributed by atoms with Gasteiger partial charge in [0.2, 0.25) is 0 Å². The van der Waals surface area contributed by atoms with Crippen molar-refractivity contribution in [1.29, 1.82) is 0 Å². The summed E-state index contributed by atoms with van der Waals surface area (Å²) in [6.07, 6.45) is 4.75. The van der Waals surface area contributed by atoms with Gasteiger partial charge in [0.15, 0.2) is 0 Å². The topological polar surface area (TPSA) is 34.1 Å². The monoisotopic (exact) mass is 256 g/mol. The van der Waals surface area contributed by atoms with E-state index in [2.05, 4.69) is 24.1 Å². The molecule has 0 bridgehead atoms. The summed E-state index contributed by atoms with van der Waals surface area (Å²) in [6, 6.07) is 10.1. The molecule has 2 aromatic rings. The maximum absolute atomic E-state index is 5.55. The normalized spacial score (nSPS) is 10.2. The van der Waals surface area contributed by atoms with Crippen LogP contribution < -0.4 is 10.1 Å². The molecule has 0 atom stereocenters. The van der Waals surface area contributed by atoms with Crippen molar-refractivity contribution in [3.05, 3.63) is 53.9 Å². The average Bonchev–Trinajstić information content (AvgIpc) is 2.45. The number of ether oxygens (including phenoxy) is 1. The fraction of sp³-hybridized carbons (Fsp3) is 0.312. The third-order valence-corrected chi connectivity index (χ3v) is 2.96. The number of aromatic nitrogens is 1. The third-order valence-electron chi connectivity index (χ3n) is 2.96. The Bertz CT molecular complexity index is 508. The zero-order valence-corrected chi connectivity index (χ0v) is 11.5. The van der Waals surface area contributed by atoms with Gasteiger partial charge in [0.1, 0.15) is 5.75 Å². The second-order valence-electron chi connectivity index (χ2n) is 4.53. The van der Waals surface area contributed by atoms with Crippen molar-refractivity contribution in [1.82, 2.24) is 4.98 Å². The van der Waals surface area contributed by atoms with Crippen molar-refractivity contribution in [3.63, 3.8) is 0 Å². The Morgan fingerprint density at radius 2 is 1.95 bits per heavy atom. The van der Waals surface area contributed by atoms with E-state index in [0.29, 0.717) is 0 Å². The van der Waals surface area contributed by atoms with Crippen LogP contribution in [0.2, 0.25) is 0 Å². The molecule has 0 unspecified atom stereocenters. The number of hydrogen-bond donors (Lipinski definition) is 1. The molecule has 19 heavy (non-hydrogen) atoms. The van der Waals surface area contributed by atoms with Crippen LogP contribution in [0.15, 0.2) is 42.7 Å². The zero-order valence-electron chi connectivity index (χ0n) is 11.5. The molecule has 0 amide bonds. The number of hydrogen-bond acceptors (Lipinski definition) is 3. The van der Waals surface area contributed by atoms with Crippen LogP contribution in [-0.4, -0.2) is 11.6 Å². The Morgan fingerprint density at radius 3 is 2.63 bits per heavy atom. The highest BCUT2D eigenvalue weighted by molar-refractivity contribution is 5.47. The van der Waals surface area contributed by atoms with Gasteiger partial charge >= 0.3 is 0 Å². The largest absolute Gasteiger partial charge is 0.494 e. The summed E-state index contributed by atoms with van der Waals surface area (Å²) in [7, 11) is 0. The predicted molar refractivity (Wildman–Crippen MR) is 78.5 cm³/mol. The summed E-state index contributed by atoms with van der Waals surface area (Å²) in [6.45, 7) is 5.75. The van der Waals surface area contributed by atoms with Crippen LogP contribution >= 0.6 is 0 Å². The highest BCUT2D eigenvalue weighted by Gasteiger charge is 1.98. The summed E-state index contributed by atoms with van der Waals surface area (Å²) in [5.74, 6) is 0.921. The summed E-state index contributed by atoms with van der Waals surface area (Å²) in [5, 5.41) is 3.39. The van der Waals surface area contributed by atoms with E-state index in [9.17, 15) is 0 Å². The van der Waals surface area contributed by atoms with Crippen LogP contribution in [0.25, 0.3) is 0 Å². The minimum Gasteiger partial charge on any atom is -0.494 e. The minimum absolute atomic E-state index is 0.766. The first-order valence-electron chi connectivity index (χ1n) is 6.66. The van der Waals surface area contributed by atoms with Gasteiger partial charge in [-0.1, -0.05) is 6.92 Å². The van der Waals surface area contributed by atoms with Gasteiger partial charge in [0.05, 0.1) is 6.61 Å².